The van der Waals surface area contributed by atoms with Gasteiger partial charge in [0.15, 0.2) is 0 Å². The van der Waals surface area contributed by atoms with Crippen molar-refractivity contribution in [1.82, 2.24) is 4.90 Å². The lowest BCUT2D eigenvalue weighted by molar-refractivity contribution is 0.0827. The molecule has 0 radical (unpaired) electrons. The molecule has 0 aromatic heterocycles. The fourth-order valence-corrected chi connectivity index (χ4v) is 2.11. The summed E-state index contributed by atoms with van der Waals surface area (Å²) in [5.41, 5.74) is 1.07. The molecule has 22 heavy (non-hydrogen) atoms. The second-order valence-corrected chi connectivity index (χ2v) is 5.27. The van der Waals surface area contributed by atoms with E-state index >= 15 is 0 Å². The van der Waals surface area contributed by atoms with Crippen LogP contribution in [0.1, 0.15) is 20.7 Å². The minimum Gasteiger partial charge on any atom is -0.345 e. The van der Waals surface area contributed by atoms with Crippen molar-refractivity contribution in [3.8, 4) is 0 Å². The Morgan fingerprint density at radius 3 is 2.50 bits per heavy atom. The van der Waals surface area contributed by atoms with Crippen LogP contribution in [0.4, 0.5) is 10.1 Å². The molecule has 1 N–H and O–H groups in total. The summed E-state index contributed by atoms with van der Waals surface area (Å²) in [6, 6.07) is 10.1. The largest absolute Gasteiger partial charge is 0.345 e. The van der Waals surface area contributed by atoms with Crippen LogP contribution in [0.15, 0.2) is 42.5 Å². The summed E-state index contributed by atoms with van der Waals surface area (Å²) >= 11 is 5.85. The number of benzene rings is 2. The lowest BCUT2D eigenvalue weighted by Gasteiger charge is -2.12. The highest BCUT2D eigenvalue weighted by molar-refractivity contribution is 6.34. The molecule has 0 atom stereocenters. The SMILES string of the molecule is CN(C)C(=O)c1cccc(NC(=O)c2ccc(F)cc2Cl)c1. The van der Waals surface area contributed by atoms with E-state index in [1.165, 1.54) is 11.0 Å². The van der Waals surface area contributed by atoms with Crippen LogP contribution < -0.4 is 5.32 Å². The second-order valence-electron chi connectivity index (χ2n) is 4.86. The Hall–Kier alpha value is -2.40. The van der Waals surface area contributed by atoms with Gasteiger partial charge in [0.25, 0.3) is 11.8 Å². The van der Waals surface area contributed by atoms with E-state index in [0.717, 1.165) is 12.1 Å². The van der Waals surface area contributed by atoms with Crippen LogP contribution in [0.3, 0.4) is 0 Å². The van der Waals surface area contributed by atoms with E-state index in [0.29, 0.717) is 11.3 Å². The van der Waals surface area contributed by atoms with Gasteiger partial charge in [-0.3, -0.25) is 9.59 Å². The van der Waals surface area contributed by atoms with Crippen LogP contribution in [0, 0.1) is 5.82 Å². The Kier molecular flexibility index (Phi) is 4.78. The minimum absolute atomic E-state index is 0.0259. The molecule has 2 rings (SSSR count). The van der Waals surface area contributed by atoms with Crippen molar-refractivity contribution in [3.05, 3.63) is 64.4 Å². The predicted octanol–water partition coefficient (Wildman–Crippen LogP) is 3.43. The molecule has 0 aliphatic rings. The molecule has 0 heterocycles. The van der Waals surface area contributed by atoms with Crippen molar-refractivity contribution < 1.29 is 14.0 Å². The van der Waals surface area contributed by atoms with Crippen LogP contribution >= 0.6 is 11.6 Å². The van der Waals surface area contributed by atoms with Crippen molar-refractivity contribution in [2.75, 3.05) is 19.4 Å². The number of rotatable bonds is 3. The predicted molar refractivity (Wildman–Crippen MR) is 83.8 cm³/mol. The van der Waals surface area contributed by atoms with E-state index in [1.54, 1.807) is 38.4 Å². The first-order chi connectivity index (χ1) is 10.4. The Morgan fingerprint density at radius 1 is 1.14 bits per heavy atom. The summed E-state index contributed by atoms with van der Waals surface area (Å²) in [6.45, 7) is 0. The van der Waals surface area contributed by atoms with Crippen LogP contribution in [0.5, 0.6) is 0 Å². The summed E-state index contributed by atoms with van der Waals surface area (Å²) in [5.74, 6) is -1.16. The molecule has 114 valence electrons. The first kappa shape index (κ1) is 16.0. The summed E-state index contributed by atoms with van der Waals surface area (Å²) in [6.07, 6.45) is 0. The topological polar surface area (TPSA) is 49.4 Å². The standard InChI is InChI=1S/C16H14ClFN2O2/c1-20(2)16(22)10-4-3-5-12(8-10)19-15(21)13-7-6-11(18)9-14(13)17/h3-9H,1-2H3,(H,19,21). The third-order valence-corrected chi connectivity index (χ3v) is 3.26. The number of carbonyl (C=O) groups excluding carboxylic acids is 2. The molecule has 0 unspecified atom stereocenters. The molecule has 6 heteroatoms. The van der Waals surface area contributed by atoms with Gasteiger partial charge in [-0.1, -0.05) is 17.7 Å². The molecule has 2 aromatic carbocycles. The fourth-order valence-electron chi connectivity index (χ4n) is 1.86. The van der Waals surface area contributed by atoms with Gasteiger partial charge in [-0.25, -0.2) is 4.39 Å². The molecular formula is C16H14ClFN2O2. The number of amides is 2. The van der Waals surface area contributed by atoms with Gasteiger partial charge >= 0.3 is 0 Å². The minimum atomic E-state index is -0.514. The third-order valence-electron chi connectivity index (χ3n) is 2.95. The Morgan fingerprint density at radius 2 is 1.86 bits per heavy atom. The molecule has 0 saturated carbocycles. The zero-order valence-corrected chi connectivity index (χ0v) is 12.8. The van der Waals surface area contributed by atoms with Gasteiger partial charge in [-0.2, -0.15) is 0 Å². The van der Waals surface area contributed by atoms with E-state index in [2.05, 4.69) is 5.32 Å². The molecule has 4 nitrogen and oxygen atoms in total. The van der Waals surface area contributed by atoms with Crippen LogP contribution in [-0.2, 0) is 0 Å². The lowest BCUT2D eigenvalue weighted by atomic mass is 10.1. The average Bonchev–Trinajstić information content (AvgIpc) is 2.46. The molecule has 0 bridgehead atoms. The number of hydrogen-bond acceptors (Lipinski definition) is 2. The maximum Gasteiger partial charge on any atom is 0.257 e. The molecular weight excluding hydrogens is 307 g/mol. The number of carbonyl (C=O) groups is 2. The maximum atomic E-state index is 13.0. The molecule has 2 amide bonds. The van der Waals surface area contributed by atoms with Crippen molar-refractivity contribution in [3.63, 3.8) is 0 Å². The van der Waals surface area contributed by atoms with Crippen LogP contribution in [0.25, 0.3) is 0 Å². The Bertz CT molecular complexity index is 732. The van der Waals surface area contributed by atoms with Crippen LogP contribution in [-0.4, -0.2) is 30.8 Å². The van der Waals surface area contributed by atoms with E-state index < -0.39 is 11.7 Å². The first-order valence-corrected chi connectivity index (χ1v) is 6.84. The number of hydrogen-bond donors (Lipinski definition) is 1. The normalized spacial score (nSPS) is 10.2. The molecule has 0 saturated heterocycles. The zero-order valence-electron chi connectivity index (χ0n) is 12.1. The maximum absolute atomic E-state index is 13.0. The Labute approximate surface area is 132 Å². The van der Waals surface area contributed by atoms with Gasteiger partial charge in [0.2, 0.25) is 0 Å². The summed E-state index contributed by atoms with van der Waals surface area (Å²) in [5, 5.41) is 2.66. The highest BCUT2D eigenvalue weighted by Crippen LogP contribution is 2.19. The monoisotopic (exact) mass is 320 g/mol. The smallest absolute Gasteiger partial charge is 0.257 e. The fraction of sp³-hybridized carbons (Fsp3) is 0.125. The third kappa shape index (κ3) is 3.62. The van der Waals surface area contributed by atoms with E-state index in [1.807, 2.05) is 0 Å². The number of nitrogens with zero attached hydrogens (tertiary/aromatic N) is 1. The summed E-state index contributed by atoms with van der Waals surface area (Å²) < 4.78 is 13.0. The lowest BCUT2D eigenvalue weighted by Crippen LogP contribution is -2.22. The van der Waals surface area contributed by atoms with Crippen LogP contribution in [0.2, 0.25) is 5.02 Å². The number of halogens is 2. The second kappa shape index (κ2) is 6.58. The molecule has 0 fully saturated rings. The van der Waals surface area contributed by atoms with E-state index in [4.69, 9.17) is 11.6 Å². The molecule has 2 aromatic rings. The highest BCUT2D eigenvalue weighted by Gasteiger charge is 2.13. The first-order valence-electron chi connectivity index (χ1n) is 6.46. The summed E-state index contributed by atoms with van der Waals surface area (Å²) in [7, 11) is 3.29. The van der Waals surface area contributed by atoms with Crippen molar-refractivity contribution in [2.45, 2.75) is 0 Å². The zero-order chi connectivity index (χ0) is 16.3. The van der Waals surface area contributed by atoms with E-state index in [9.17, 15) is 14.0 Å². The molecule has 0 aliphatic carbocycles. The average molecular weight is 321 g/mol. The molecule has 0 spiro atoms. The van der Waals surface area contributed by atoms with Crippen molar-refractivity contribution in [1.29, 1.82) is 0 Å². The number of anilines is 1. The van der Waals surface area contributed by atoms with Gasteiger partial charge in [0, 0.05) is 25.3 Å². The highest BCUT2D eigenvalue weighted by atomic mass is 35.5. The van der Waals surface area contributed by atoms with Crippen molar-refractivity contribution in [2.24, 2.45) is 0 Å². The summed E-state index contributed by atoms with van der Waals surface area (Å²) in [4.78, 5) is 25.5. The van der Waals surface area contributed by atoms with Crippen molar-refractivity contribution >= 4 is 29.1 Å². The van der Waals surface area contributed by atoms with Gasteiger partial charge in [0.05, 0.1) is 10.6 Å². The number of nitrogens with one attached hydrogen (secondary N) is 1. The van der Waals surface area contributed by atoms with Gasteiger partial charge in [-0.05, 0) is 36.4 Å². The molecule has 0 aliphatic heterocycles. The quantitative estimate of drug-likeness (QED) is 0.942. The van der Waals surface area contributed by atoms with E-state index in [-0.39, 0.29) is 16.5 Å². The van der Waals surface area contributed by atoms with Gasteiger partial charge < -0.3 is 10.2 Å². The van der Waals surface area contributed by atoms with Gasteiger partial charge in [0.1, 0.15) is 5.82 Å². The van der Waals surface area contributed by atoms with Gasteiger partial charge in [-0.15, -0.1) is 0 Å². The Balaban J connectivity index is 2.22.